The van der Waals surface area contributed by atoms with Crippen LogP contribution in [0.3, 0.4) is 0 Å². The predicted molar refractivity (Wildman–Crippen MR) is 59.6 cm³/mol. The Balaban J connectivity index is 2.21. The van der Waals surface area contributed by atoms with E-state index in [-0.39, 0.29) is 5.75 Å². The van der Waals surface area contributed by atoms with Crippen LogP contribution in [0.15, 0.2) is 18.2 Å². The summed E-state index contributed by atoms with van der Waals surface area (Å²) in [6.07, 6.45) is 3.01. The third-order valence-corrected chi connectivity index (χ3v) is 2.18. The molecular weight excluding hydrogens is 212 g/mol. The number of hydrogen-bond acceptors (Lipinski definition) is 2. The third-order valence-electron chi connectivity index (χ3n) is 2.18. The number of ether oxygens (including phenoxy) is 1. The van der Waals surface area contributed by atoms with Crippen molar-refractivity contribution in [2.75, 3.05) is 20.2 Å². The van der Waals surface area contributed by atoms with Crippen LogP contribution < -0.4 is 10.1 Å². The number of hydrogen-bond donors (Lipinski definition) is 1. The lowest BCUT2D eigenvalue weighted by molar-refractivity contribution is 0.302. The predicted octanol–water partition coefficient (Wildman–Crippen LogP) is 2.73. The number of benzene rings is 1. The molecular formula is C12H17F2NO. The molecule has 1 aromatic rings. The highest BCUT2D eigenvalue weighted by molar-refractivity contribution is 5.23. The van der Waals surface area contributed by atoms with E-state index in [0.29, 0.717) is 6.61 Å². The van der Waals surface area contributed by atoms with Crippen molar-refractivity contribution in [3.8, 4) is 5.75 Å². The monoisotopic (exact) mass is 229 g/mol. The standard InChI is InChI=1S/C12H17F2NO/c1-15-5-3-2-4-6-16-12-8-10(13)7-11(14)9-12/h7-9,15H,2-6H2,1H3. The van der Waals surface area contributed by atoms with Crippen LogP contribution >= 0.6 is 0 Å². The van der Waals surface area contributed by atoms with Crippen LogP contribution in [0.2, 0.25) is 0 Å². The molecule has 0 spiro atoms. The number of nitrogens with one attached hydrogen (secondary N) is 1. The Hall–Kier alpha value is -1.16. The lowest BCUT2D eigenvalue weighted by atomic mass is 10.2. The summed E-state index contributed by atoms with van der Waals surface area (Å²) in [6, 6.07) is 3.22. The van der Waals surface area contributed by atoms with Gasteiger partial charge in [-0.15, -0.1) is 0 Å². The molecule has 0 amide bonds. The van der Waals surface area contributed by atoms with Gasteiger partial charge < -0.3 is 10.1 Å². The fraction of sp³-hybridized carbons (Fsp3) is 0.500. The fourth-order valence-electron chi connectivity index (χ4n) is 1.38. The molecule has 1 N–H and O–H groups in total. The van der Waals surface area contributed by atoms with Crippen molar-refractivity contribution in [3.05, 3.63) is 29.8 Å². The van der Waals surface area contributed by atoms with E-state index in [1.54, 1.807) is 0 Å². The molecule has 0 saturated heterocycles. The maximum atomic E-state index is 12.8. The lowest BCUT2D eigenvalue weighted by Crippen LogP contribution is -2.08. The van der Waals surface area contributed by atoms with E-state index >= 15 is 0 Å². The molecule has 1 aromatic carbocycles. The zero-order valence-electron chi connectivity index (χ0n) is 9.43. The molecule has 0 atom stereocenters. The van der Waals surface area contributed by atoms with E-state index in [1.165, 1.54) is 12.1 Å². The second-order valence-corrected chi connectivity index (χ2v) is 3.62. The van der Waals surface area contributed by atoms with E-state index in [4.69, 9.17) is 4.74 Å². The Labute approximate surface area is 94.6 Å². The number of unbranched alkanes of at least 4 members (excludes halogenated alkanes) is 2. The molecule has 16 heavy (non-hydrogen) atoms. The summed E-state index contributed by atoms with van der Waals surface area (Å²) in [5, 5.41) is 3.05. The summed E-state index contributed by atoms with van der Waals surface area (Å²) in [5.41, 5.74) is 0. The van der Waals surface area contributed by atoms with Crippen LogP contribution in [0.25, 0.3) is 0 Å². The van der Waals surface area contributed by atoms with Crippen molar-refractivity contribution >= 4 is 0 Å². The first-order chi connectivity index (χ1) is 7.72. The third kappa shape index (κ3) is 5.07. The van der Waals surface area contributed by atoms with Crippen LogP contribution in [0, 0.1) is 11.6 Å². The lowest BCUT2D eigenvalue weighted by Gasteiger charge is -2.06. The van der Waals surface area contributed by atoms with E-state index in [1.807, 2.05) is 7.05 Å². The summed E-state index contributed by atoms with van der Waals surface area (Å²) >= 11 is 0. The SMILES string of the molecule is CNCCCCCOc1cc(F)cc(F)c1. The molecule has 0 radical (unpaired) electrons. The highest BCUT2D eigenvalue weighted by atomic mass is 19.1. The highest BCUT2D eigenvalue weighted by Crippen LogP contribution is 2.15. The van der Waals surface area contributed by atoms with Gasteiger partial charge in [0.05, 0.1) is 6.61 Å². The maximum Gasteiger partial charge on any atom is 0.129 e. The van der Waals surface area contributed by atoms with Gasteiger partial charge in [-0.05, 0) is 32.9 Å². The Bertz CT molecular complexity index is 298. The van der Waals surface area contributed by atoms with E-state index in [9.17, 15) is 8.78 Å². The van der Waals surface area contributed by atoms with Gasteiger partial charge in [0, 0.05) is 18.2 Å². The second-order valence-electron chi connectivity index (χ2n) is 3.62. The number of halogens is 2. The van der Waals surface area contributed by atoms with Gasteiger partial charge in [-0.2, -0.15) is 0 Å². The summed E-state index contributed by atoms with van der Waals surface area (Å²) < 4.78 is 30.8. The van der Waals surface area contributed by atoms with Crippen molar-refractivity contribution in [1.82, 2.24) is 5.32 Å². The largest absolute Gasteiger partial charge is 0.493 e. The molecule has 0 unspecified atom stereocenters. The van der Waals surface area contributed by atoms with Crippen molar-refractivity contribution in [3.63, 3.8) is 0 Å². The Morgan fingerprint density at radius 3 is 2.38 bits per heavy atom. The van der Waals surface area contributed by atoms with Gasteiger partial charge >= 0.3 is 0 Å². The first-order valence-electron chi connectivity index (χ1n) is 5.46. The van der Waals surface area contributed by atoms with Crippen molar-refractivity contribution in [2.24, 2.45) is 0 Å². The molecule has 0 aromatic heterocycles. The summed E-state index contributed by atoms with van der Waals surface area (Å²) in [5.74, 6) is -0.957. The maximum absolute atomic E-state index is 12.8. The smallest absolute Gasteiger partial charge is 0.129 e. The van der Waals surface area contributed by atoms with Crippen LogP contribution in [0.1, 0.15) is 19.3 Å². The molecule has 4 heteroatoms. The average Bonchev–Trinajstić information content (AvgIpc) is 2.22. The Morgan fingerprint density at radius 2 is 1.75 bits per heavy atom. The first-order valence-corrected chi connectivity index (χ1v) is 5.46. The molecule has 0 aliphatic rings. The molecule has 0 aliphatic heterocycles. The number of rotatable bonds is 7. The minimum Gasteiger partial charge on any atom is -0.493 e. The summed E-state index contributed by atoms with van der Waals surface area (Å²) in [7, 11) is 1.91. The van der Waals surface area contributed by atoms with E-state index in [2.05, 4.69) is 5.32 Å². The van der Waals surface area contributed by atoms with E-state index in [0.717, 1.165) is 31.9 Å². The average molecular weight is 229 g/mol. The van der Waals surface area contributed by atoms with Crippen LogP contribution in [-0.4, -0.2) is 20.2 Å². The van der Waals surface area contributed by atoms with Crippen LogP contribution in [0.4, 0.5) is 8.78 Å². The van der Waals surface area contributed by atoms with Gasteiger partial charge in [0.1, 0.15) is 17.4 Å². The van der Waals surface area contributed by atoms with Gasteiger partial charge in [-0.3, -0.25) is 0 Å². The zero-order chi connectivity index (χ0) is 11.8. The molecule has 0 bridgehead atoms. The molecule has 0 fully saturated rings. The summed E-state index contributed by atoms with van der Waals surface area (Å²) in [6.45, 7) is 1.47. The minimum absolute atomic E-state index is 0.256. The summed E-state index contributed by atoms with van der Waals surface area (Å²) in [4.78, 5) is 0. The van der Waals surface area contributed by atoms with Gasteiger partial charge in [0.25, 0.3) is 0 Å². The topological polar surface area (TPSA) is 21.3 Å². The molecule has 2 nitrogen and oxygen atoms in total. The Morgan fingerprint density at radius 1 is 1.06 bits per heavy atom. The van der Waals surface area contributed by atoms with Gasteiger partial charge in [0.2, 0.25) is 0 Å². The zero-order valence-corrected chi connectivity index (χ0v) is 9.43. The van der Waals surface area contributed by atoms with Crippen LogP contribution in [0.5, 0.6) is 5.75 Å². The second kappa shape index (κ2) is 7.17. The fourth-order valence-corrected chi connectivity index (χ4v) is 1.38. The normalized spacial score (nSPS) is 10.4. The van der Waals surface area contributed by atoms with Gasteiger partial charge in [-0.1, -0.05) is 0 Å². The van der Waals surface area contributed by atoms with Gasteiger partial charge in [-0.25, -0.2) is 8.78 Å². The van der Waals surface area contributed by atoms with Gasteiger partial charge in [0.15, 0.2) is 0 Å². The first kappa shape index (κ1) is 12.9. The van der Waals surface area contributed by atoms with Crippen molar-refractivity contribution in [2.45, 2.75) is 19.3 Å². The van der Waals surface area contributed by atoms with E-state index < -0.39 is 11.6 Å². The van der Waals surface area contributed by atoms with Crippen molar-refractivity contribution in [1.29, 1.82) is 0 Å². The minimum atomic E-state index is -0.606. The Kier molecular flexibility index (Phi) is 5.78. The van der Waals surface area contributed by atoms with Crippen LogP contribution in [-0.2, 0) is 0 Å². The molecule has 0 saturated carbocycles. The molecule has 0 aliphatic carbocycles. The quantitative estimate of drug-likeness (QED) is 0.726. The molecule has 1 rings (SSSR count). The van der Waals surface area contributed by atoms with Crippen molar-refractivity contribution < 1.29 is 13.5 Å². The molecule has 0 heterocycles. The molecule has 90 valence electrons. The highest BCUT2D eigenvalue weighted by Gasteiger charge is 2.00.